The standard InChI is InChI=1S/C19H23BO3/c1-18(2)19(3,4)23-20(22-18)16-12-10-15(11-13-16)14-21-17-8-6-5-7-9-17/h5-13H,14H2,1-4H3. The summed E-state index contributed by atoms with van der Waals surface area (Å²) in [6.07, 6.45) is 0. The molecule has 0 aliphatic carbocycles. The molecule has 0 unspecified atom stereocenters. The summed E-state index contributed by atoms with van der Waals surface area (Å²) < 4.78 is 17.9. The van der Waals surface area contributed by atoms with Gasteiger partial charge in [0.15, 0.2) is 0 Å². The van der Waals surface area contributed by atoms with Gasteiger partial charge in [-0.3, -0.25) is 0 Å². The van der Waals surface area contributed by atoms with Gasteiger partial charge in [-0.25, -0.2) is 0 Å². The molecule has 120 valence electrons. The van der Waals surface area contributed by atoms with Gasteiger partial charge in [0.2, 0.25) is 0 Å². The van der Waals surface area contributed by atoms with Crippen LogP contribution in [-0.4, -0.2) is 18.3 Å². The molecule has 3 nitrogen and oxygen atoms in total. The molecular formula is C19H23BO3. The third kappa shape index (κ3) is 3.43. The van der Waals surface area contributed by atoms with E-state index in [9.17, 15) is 0 Å². The van der Waals surface area contributed by atoms with Gasteiger partial charge in [-0.2, -0.15) is 0 Å². The van der Waals surface area contributed by atoms with Crippen LogP contribution >= 0.6 is 0 Å². The Labute approximate surface area is 138 Å². The second-order valence-electron chi connectivity index (χ2n) is 6.93. The minimum absolute atomic E-state index is 0.313. The van der Waals surface area contributed by atoms with E-state index in [1.165, 1.54) is 0 Å². The van der Waals surface area contributed by atoms with E-state index in [1.54, 1.807) is 0 Å². The first-order valence-electron chi connectivity index (χ1n) is 8.00. The summed E-state index contributed by atoms with van der Waals surface area (Å²) in [5.74, 6) is 0.877. The number of hydrogen-bond acceptors (Lipinski definition) is 3. The molecule has 0 atom stereocenters. The van der Waals surface area contributed by atoms with E-state index in [-0.39, 0.29) is 18.3 Å². The lowest BCUT2D eigenvalue weighted by molar-refractivity contribution is 0.00578. The molecule has 1 saturated heterocycles. The highest BCUT2D eigenvalue weighted by Gasteiger charge is 2.51. The summed E-state index contributed by atoms with van der Waals surface area (Å²) >= 11 is 0. The van der Waals surface area contributed by atoms with E-state index < -0.39 is 0 Å². The average Bonchev–Trinajstić information content (AvgIpc) is 2.75. The van der Waals surface area contributed by atoms with Crippen LogP contribution in [0.2, 0.25) is 0 Å². The number of hydrogen-bond donors (Lipinski definition) is 0. The van der Waals surface area contributed by atoms with Crippen molar-refractivity contribution in [3.8, 4) is 5.75 Å². The Morgan fingerprint density at radius 2 is 1.39 bits per heavy atom. The molecule has 0 saturated carbocycles. The first-order chi connectivity index (χ1) is 10.9. The number of rotatable bonds is 4. The Kier molecular flexibility index (Phi) is 4.22. The van der Waals surface area contributed by atoms with E-state index in [0.29, 0.717) is 6.61 Å². The molecule has 0 aromatic heterocycles. The van der Waals surface area contributed by atoms with Crippen LogP contribution in [0.3, 0.4) is 0 Å². The highest BCUT2D eigenvalue weighted by atomic mass is 16.7. The highest BCUT2D eigenvalue weighted by Crippen LogP contribution is 2.36. The van der Waals surface area contributed by atoms with Crippen molar-refractivity contribution in [2.24, 2.45) is 0 Å². The van der Waals surface area contributed by atoms with Gasteiger partial charge in [-0.15, -0.1) is 0 Å². The van der Waals surface area contributed by atoms with Crippen molar-refractivity contribution < 1.29 is 14.0 Å². The molecule has 1 aliphatic rings. The van der Waals surface area contributed by atoms with E-state index in [1.807, 2.05) is 42.5 Å². The van der Waals surface area contributed by atoms with Crippen molar-refractivity contribution in [1.29, 1.82) is 0 Å². The largest absolute Gasteiger partial charge is 0.494 e. The van der Waals surface area contributed by atoms with Crippen molar-refractivity contribution in [2.45, 2.75) is 45.5 Å². The average molecular weight is 310 g/mol. The second kappa shape index (κ2) is 6.02. The van der Waals surface area contributed by atoms with E-state index in [0.717, 1.165) is 16.8 Å². The molecule has 0 N–H and O–H groups in total. The molecular weight excluding hydrogens is 287 g/mol. The third-order valence-corrected chi connectivity index (χ3v) is 4.65. The quantitative estimate of drug-likeness (QED) is 0.808. The van der Waals surface area contributed by atoms with Crippen LogP contribution in [0.5, 0.6) is 5.75 Å². The molecule has 1 aliphatic heterocycles. The summed E-state index contributed by atoms with van der Waals surface area (Å²) in [6, 6.07) is 18.0. The fourth-order valence-electron chi connectivity index (χ4n) is 2.43. The monoisotopic (exact) mass is 310 g/mol. The summed E-state index contributed by atoms with van der Waals surface area (Å²) in [6.45, 7) is 8.81. The second-order valence-corrected chi connectivity index (χ2v) is 6.93. The molecule has 3 rings (SSSR count). The molecule has 0 amide bonds. The van der Waals surface area contributed by atoms with Crippen molar-refractivity contribution in [3.63, 3.8) is 0 Å². The number of benzene rings is 2. The summed E-state index contributed by atoms with van der Waals surface area (Å²) in [5.41, 5.74) is 1.53. The van der Waals surface area contributed by atoms with E-state index in [4.69, 9.17) is 14.0 Å². The first kappa shape index (κ1) is 16.1. The zero-order valence-corrected chi connectivity index (χ0v) is 14.2. The van der Waals surface area contributed by atoms with Gasteiger partial charge in [0.1, 0.15) is 12.4 Å². The minimum atomic E-state index is -0.316. The Bertz CT molecular complexity index is 634. The maximum Gasteiger partial charge on any atom is 0.494 e. The van der Waals surface area contributed by atoms with Gasteiger partial charge in [-0.05, 0) is 50.9 Å². The lowest BCUT2D eigenvalue weighted by Gasteiger charge is -2.32. The third-order valence-electron chi connectivity index (χ3n) is 4.65. The molecule has 4 heteroatoms. The van der Waals surface area contributed by atoms with Crippen LogP contribution in [0.15, 0.2) is 54.6 Å². The highest BCUT2D eigenvalue weighted by molar-refractivity contribution is 6.62. The van der Waals surface area contributed by atoms with Crippen molar-refractivity contribution >= 4 is 12.6 Å². The number of ether oxygens (including phenoxy) is 1. The Morgan fingerprint density at radius 3 is 1.96 bits per heavy atom. The van der Waals surface area contributed by atoms with Gasteiger partial charge in [0.05, 0.1) is 11.2 Å². The predicted molar refractivity (Wildman–Crippen MR) is 92.9 cm³/mol. The van der Waals surface area contributed by atoms with E-state index in [2.05, 4.69) is 39.8 Å². The Morgan fingerprint density at radius 1 is 0.826 bits per heavy atom. The predicted octanol–water partition coefficient (Wildman–Crippen LogP) is 3.56. The molecule has 0 spiro atoms. The van der Waals surface area contributed by atoms with Crippen LogP contribution in [0.1, 0.15) is 33.3 Å². The zero-order valence-electron chi connectivity index (χ0n) is 14.2. The van der Waals surface area contributed by atoms with Gasteiger partial charge in [-0.1, -0.05) is 42.5 Å². The molecule has 2 aromatic rings. The molecule has 1 heterocycles. The maximum absolute atomic E-state index is 6.07. The van der Waals surface area contributed by atoms with E-state index >= 15 is 0 Å². The van der Waals surface area contributed by atoms with Crippen molar-refractivity contribution in [1.82, 2.24) is 0 Å². The van der Waals surface area contributed by atoms with Crippen LogP contribution in [0.25, 0.3) is 0 Å². The first-order valence-corrected chi connectivity index (χ1v) is 8.00. The zero-order chi connectivity index (χ0) is 16.5. The Hall–Kier alpha value is -1.78. The maximum atomic E-state index is 6.07. The van der Waals surface area contributed by atoms with Crippen LogP contribution in [0, 0.1) is 0 Å². The van der Waals surface area contributed by atoms with Gasteiger partial charge >= 0.3 is 7.12 Å². The normalized spacial score (nSPS) is 18.9. The Balaban J connectivity index is 1.64. The lowest BCUT2D eigenvalue weighted by atomic mass is 9.79. The van der Waals surface area contributed by atoms with Crippen molar-refractivity contribution in [2.75, 3.05) is 0 Å². The van der Waals surface area contributed by atoms with Gasteiger partial charge in [0, 0.05) is 0 Å². The summed E-state index contributed by atoms with van der Waals surface area (Å²) in [5, 5.41) is 0. The SMILES string of the molecule is CC1(C)OB(c2ccc(COc3ccccc3)cc2)OC1(C)C. The summed E-state index contributed by atoms with van der Waals surface area (Å²) in [4.78, 5) is 0. The topological polar surface area (TPSA) is 27.7 Å². The lowest BCUT2D eigenvalue weighted by Crippen LogP contribution is -2.41. The molecule has 2 aromatic carbocycles. The number of para-hydroxylation sites is 1. The fourth-order valence-corrected chi connectivity index (χ4v) is 2.43. The fraction of sp³-hybridized carbons (Fsp3) is 0.368. The van der Waals surface area contributed by atoms with Crippen LogP contribution in [0.4, 0.5) is 0 Å². The minimum Gasteiger partial charge on any atom is -0.489 e. The van der Waals surface area contributed by atoms with Crippen LogP contribution in [-0.2, 0) is 15.9 Å². The van der Waals surface area contributed by atoms with Gasteiger partial charge in [0.25, 0.3) is 0 Å². The van der Waals surface area contributed by atoms with Crippen LogP contribution < -0.4 is 10.2 Å². The smallest absolute Gasteiger partial charge is 0.489 e. The van der Waals surface area contributed by atoms with Crippen molar-refractivity contribution in [3.05, 3.63) is 60.2 Å². The van der Waals surface area contributed by atoms with Gasteiger partial charge < -0.3 is 14.0 Å². The molecule has 1 fully saturated rings. The summed E-state index contributed by atoms with van der Waals surface area (Å²) in [7, 11) is -0.316. The molecule has 0 radical (unpaired) electrons. The molecule has 23 heavy (non-hydrogen) atoms. The molecule has 0 bridgehead atoms.